The van der Waals surface area contributed by atoms with Crippen molar-refractivity contribution in [2.75, 3.05) is 5.32 Å². The van der Waals surface area contributed by atoms with E-state index in [-0.39, 0.29) is 23.6 Å². The van der Waals surface area contributed by atoms with Gasteiger partial charge in [0.2, 0.25) is 5.91 Å². The van der Waals surface area contributed by atoms with Crippen LogP contribution in [0.4, 0.5) is 11.4 Å². The van der Waals surface area contributed by atoms with Crippen molar-refractivity contribution in [3.63, 3.8) is 0 Å². The summed E-state index contributed by atoms with van der Waals surface area (Å²) in [5.41, 5.74) is 2.09. The summed E-state index contributed by atoms with van der Waals surface area (Å²) in [6.45, 7) is 0. The van der Waals surface area contributed by atoms with Gasteiger partial charge in [-0.1, -0.05) is 59.9 Å². The van der Waals surface area contributed by atoms with E-state index in [0.29, 0.717) is 6.42 Å². The second kappa shape index (κ2) is 12.2. The van der Waals surface area contributed by atoms with Gasteiger partial charge in [-0.05, 0) is 60.2 Å². The fraction of sp³-hybridized carbons (Fsp3) is 0.0714. The molecule has 0 atom stereocenters. The third-order valence-corrected chi connectivity index (χ3v) is 7.24. The van der Waals surface area contributed by atoms with Gasteiger partial charge in [-0.3, -0.25) is 19.7 Å². The second-order valence-electron chi connectivity index (χ2n) is 7.99. The minimum absolute atomic E-state index is 0.0851. The van der Waals surface area contributed by atoms with Gasteiger partial charge in [-0.15, -0.1) is 0 Å². The van der Waals surface area contributed by atoms with Gasteiger partial charge in [-0.25, -0.2) is 0 Å². The standard InChI is InChI=1S/C14H11NO4S.C14H11NOS/c16-14(17)9-10-8-12(6-7-13(10)15(18)19)20-11-4-2-1-3-5-11;16-14-9-10-8-12(6-7-13(10)15-14)17-11-4-2-1-3-5-11/h1-8H,9H2,(H,16,17);1-8H,9H2,(H,15,16). The first-order valence-corrected chi connectivity index (χ1v) is 12.9. The predicted molar refractivity (Wildman–Crippen MR) is 144 cm³/mol. The summed E-state index contributed by atoms with van der Waals surface area (Å²) in [7, 11) is 0. The summed E-state index contributed by atoms with van der Waals surface area (Å²) in [6, 6.07) is 30.4. The number of nitro benzene ring substituents is 1. The normalized spacial score (nSPS) is 11.6. The zero-order valence-corrected chi connectivity index (χ0v) is 21.1. The number of rotatable bonds is 7. The number of carboxylic acid groups (broad SMARTS) is 1. The first-order valence-electron chi connectivity index (χ1n) is 11.2. The van der Waals surface area contributed by atoms with E-state index in [1.807, 2.05) is 60.7 Å². The molecule has 0 fully saturated rings. The summed E-state index contributed by atoms with van der Waals surface area (Å²) < 4.78 is 0. The number of benzene rings is 4. The molecule has 2 N–H and O–H groups in total. The lowest BCUT2D eigenvalue weighted by Gasteiger charge is -2.05. The average Bonchev–Trinajstić information content (AvgIpc) is 3.24. The molecular formula is C28H22N2O5S2. The number of carbonyl (C=O) groups is 2. The zero-order chi connectivity index (χ0) is 26.2. The third kappa shape index (κ3) is 7.45. The Hall–Kier alpha value is -4.08. The Morgan fingerprint density at radius 3 is 1.97 bits per heavy atom. The SMILES string of the molecule is O=C(O)Cc1cc(Sc2ccccc2)ccc1[N+](=O)[O-].O=C1Cc2cc(Sc3ccccc3)ccc2N1. The lowest BCUT2D eigenvalue weighted by atomic mass is 10.1. The van der Waals surface area contributed by atoms with Crippen molar-refractivity contribution in [2.45, 2.75) is 32.4 Å². The number of hydrogen-bond acceptors (Lipinski definition) is 6. The van der Waals surface area contributed by atoms with Crippen molar-refractivity contribution >= 4 is 46.8 Å². The fourth-order valence-electron chi connectivity index (χ4n) is 3.63. The van der Waals surface area contributed by atoms with E-state index in [2.05, 4.69) is 23.5 Å². The van der Waals surface area contributed by atoms with Crippen molar-refractivity contribution in [3.05, 3.63) is 118 Å². The van der Waals surface area contributed by atoms with Crippen molar-refractivity contribution in [1.29, 1.82) is 0 Å². The van der Waals surface area contributed by atoms with Gasteiger partial charge in [0.25, 0.3) is 5.69 Å². The first-order chi connectivity index (χ1) is 17.9. The minimum atomic E-state index is -1.09. The van der Waals surface area contributed by atoms with Crippen molar-refractivity contribution in [3.8, 4) is 0 Å². The smallest absolute Gasteiger partial charge is 0.308 e. The summed E-state index contributed by atoms with van der Waals surface area (Å²) in [6.07, 6.45) is 0.137. The molecule has 0 bridgehead atoms. The van der Waals surface area contributed by atoms with Crippen LogP contribution in [0.1, 0.15) is 11.1 Å². The van der Waals surface area contributed by atoms with E-state index in [1.165, 1.54) is 27.6 Å². The van der Waals surface area contributed by atoms with Gasteiger partial charge in [0, 0.05) is 36.9 Å². The Morgan fingerprint density at radius 2 is 1.41 bits per heavy atom. The van der Waals surface area contributed by atoms with Crippen molar-refractivity contribution in [1.82, 2.24) is 0 Å². The van der Waals surface area contributed by atoms with Gasteiger partial charge in [-0.2, -0.15) is 0 Å². The number of nitrogens with one attached hydrogen (secondary N) is 1. The van der Waals surface area contributed by atoms with Crippen molar-refractivity contribution in [2.24, 2.45) is 0 Å². The molecule has 9 heteroatoms. The zero-order valence-electron chi connectivity index (χ0n) is 19.5. The van der Waals surface area contributed by atoms with Crippen molar-refractivity contribution < 1.29 is 19.6 Å². The van der Waals surface area contributed by atoms with Crippen LogP contribution in [0, 0.1) is 10.1 Å². The number of hydrogen-bond donors (Lipinski definition) is 2. The Bertz CT molecular complexity index is 1430. The molecule has 1 aliphatic rings. The van der Waals surface area contributed by atoms with Crippen LogP contribution in [-0.2, 0) is 22.4 Å². The summed E-state index contributed by atoms with van der Waals surface area (Å²) in [4.78, 5) is 36.5. The van der Waals surface area contributed by atoms with Gasteiger partial charge in [0.1, 0.15) is 0 Å². The number of carbonyl (C=O) groups excluding carboxylic acids is 1. The average molecular weight is 531 g/mol. The molecule has 1 aliphatic heterocycles. The molecule has 4 aromatic carbocycles. The Balaban J connectivity index is 0.000000175. The van der Waals surface area contributed by atoms with Crippen LogP contribution >= 0.6 is 23.5 Å². The third-order valence-electron chi connectivity index (χ3n) is 5.25. The minimum Gasteiger partial charge on any atom is -0.481 e. The molecule has 7 nitrogen and oxygen atoms in total. The predicted octanol–water partition coefficient (Wildman–Crippen LogP) is 6.71. The second-order valence-corrected chi connectivity index (χ2v) is 10.3. The molecule has 5 rings (SSSR count). The highest BCUT2D eigenvalue weighted by molar-refractivity contribution is 7.99. The molecule has 0 saturated carbocycles. The molecule has 0 unspecified atom stereocenters. The summed E-state index contributed by atoms with van der Waals surface area (Å²) in [5, 5.41) is 22.5. The number of nitrogens with zero attached hydrogens (tertiary/aromatic N) is 1. The van der Waals surface area contributed by atoms with E-state index in [9.17, 15) is 19.7 Å². The Labute approximate surface area is 222 Å². The number of nitro groups is 1. The molecule has 1 amide bonds. The highest BCUT2D eigenvalue weighted by Crippen LogP contribution is 2.33. The topological polar surface area (TPSA) is 110 Å². The Kier molecular flexibility index (Phi) is 8.60. The van der Waals surface area contributed by atoms with E-state index >= 15 is 0 Å². The molecule has 1 heterocycles. The fourth-order valence-corrected chi connectivity index (χ4v) is 5.43. The quantitative estimate of drug-likeness (QED) is 0.202. The van der Waals surface area contributed by atoms with E-state index in [1.54, 1.807) is 23.9 Å². The molecule has 0 aliphatic carbocycles. The maximum atomic E-state index is 11.3. The van der Waals surface area contributed by atoms with E-state index in [4.69, 9.17) is 5.11 Å². The molecule has 186 valence electrons. The van der Waals surface area contributed by atoms with E-state index in [0.717, 1.165) is 21.0 Å². The first kappa shape index (κ1) is 26.0. The van der Waals surface area contributed by atoms with Crippen LogP contribution in [-0.4, -0.2) is 21.9 Å². The molecule has 0 saturated heterocycles. The number of aliphatic carboxylic acids is 1. The van der Waals surface area contributed by atoms with Crippen LogP contribution in [0.15, 0.2) is 117 Å². The molecule has 37 heavy (non-hydrogen) atoms. The number of anilines is 1. The van der Waals surface area contributed by atoms with Crippen LogP contribution in [0.2, 0.25) is 0 Å². The summed E-state index contributed by atoms with van der Waals surface area (Å²) in [5.74, 6) is -1.00. The number of carboxylic acids is 1. The monoisotopic (exact) mass is 530 g/mol. The van der Waals surface area contributed by atoms with Gasteiger partial charge >= 0.3 is 5.97 Å². The lowest BCUT2D eigenvalue weighted by molar-refractivity contribution is -0.385. The van der Waals surface area contributed by atoms with Crippen LogP contribution in [0.3, 0.4) is 0 Å². The summed E-state index contributed by atoms with van der Waals surface area (Å²) >= 11 is 3.15. The van der Waals surface area contributed by atoms with Gasteiger partial charge in [0.05, 0.1) is 17.8 Å². The van der Waals surface area contributed by atoms with Crippen LogP contribution in [0.5, 0.6) is 0 Å². The van der Waals surface area contributed by atoms with E-state index < -0.39 is 10.9 Å². The van der Waals surface area contributed by atoms with Crippen LogP contribution in [0.25, 0.3) is 0 Å². The number of amides is 1. The van der Waals surface area contributed by atoms with Gasteiger partial charge < -0.3 is 10.4 Å². The maximum Gasteiger partial charge on any atom is 0.308 e. The molecule has 4 aromatic rings. The molecule has 0 spiro atoms. The maximum absolute atomic E-state index is 11.3. The number of fused-ring (bicyclic) bond motifs is 1. The largest absolute Gasteiger partial charge is 0.481 e. The highest BCUT2D eigenvalue weighted by atomic mass is 32.2. The van der Waals surface area contributed by atoms with Crippen LogP contribution < -0.4 is 5.32 Å². The Morgan fingerprint density at radius 1 is 0.838 bits per heavy atom. The molecule has 0 aromatic heterocycles. The van der Waals surface area contributed by atoms with Gasteiger partial charge in [0.15, 0.2) is 0 Å². The lowest BCUT2D eigenvalue weighted by Crippen LogP contribution is -2.03. The molecular weight excluding hydrogens is 508 g/mol. The highest BCUT2D eigenvalue weighted by Gasteiger charge is 2.18. The molecule has 0 radical (unpaired) electrons.